The number of unbranched alkanes of at least 4 members (excludes halogenated alkanes) is 4. The van der Waals surface area contributed by atoms with E-state index >= 15 is 0 Å². The van der Waals surface area contributed by atoms with Gasteiger partial charge in [0.25, 0.3) is 17.4 Å². The Morgan fingerprint density at radius 3 is 2.16 bits per heavy atom. The van der Waals surface area contributed by atoms with E-state index < -0.39 is 41.7 Å². The van der Waals surface area contributed by atoms with Crippen LogP contribution in [0.2, 0.25) is 22.2 Å². The van der Waals surface area contributed by atoms with Crippen molar-refractivity contribution in [3.63, 3.8) is 0 Å². The maximum absolute atomic E-state index is 13.2. The van der Waals surface area contributed by atoms with Crippen molar-refractivity contribution in [1.82, 2.24) is 24.4 Å². The summed E-state index contributed by atoms with van der Waals surface area (Å²) < 4.78 is 37.6. The third-order valence-electron chi connectivity index (χ3n) is 11.6. The van der Waals surface area contributed by atoms with E-state index in [1.807, 2.05) is 0 Å². The minimum Gasteiger partial charge on any atom is -0.414 e. The Balaban J connectivity index is 1.24. The zero-order valence-corrected chi connectivity index (χ0v) is 36.6. The van der Waals surface area contributed by atoms with E-state index in [1.54, 1.807) is 35.2 Å². The number of carbonyl (C=O) groups excluding carboxylic acids is 2. The highest BCUT2D eigenvalue weighted by atomic mass is 28.5. The second-order valence-electron chi connectivity index (χ2n) is 16.7. The van der Waals surface area contributed by atoms with Crippen LogP contribution in [0.4, 0.5) is 5.95 Å². The second-order valence-corrected chi connectivity index (χ2v) is 25.5. The zero-order valence-electron chi connectivity index (χ0n) is 34.6. The molecule has 16 heteroatoms. The van der Waals surface area contributed by atoms with Gasteiger partial charge in [0.1, 0.15) is 18.3 Å². The van der Waals surface area contributed by atoms with E-state index in [2.05, 4.69) is 77.6 Å². The number of imidazole rings is 1. The Bertz CT molecular complexity index is 1850. The summed E-state index contributed by atoms with van der Waals surface area (Å²) in [4.78, 5) is 52.4. The molecule has 1 aromatic carbocycles. The summed E-state index contributed by atoms with van der Waals surface area (Å²) in [6, 6.07) is 6.99. The first-order valence-electron chi connectivity index (χ1n) is 20.7. The quantitative estimate of drug-likeness (QED) is 0.0794. The van der Waals surface area contributed by atoms with Gasteiger partial charge in [0.15, 0.2) is 17.4 Å². The van der Waals surface area contributed by atoms with Gasteiger partial charge in [-0.25, -0.2) is 4.98 Å². The van der Waals surface area contributed by atoms with Crippen LogP contribution in [-0.2, 0) is 22.4 Å². The topological polar surface area (TPSA) is 159 Å². The van der Waals surface area contributed by atoms with E-state index in [0.717, 1.165) is 32.1 Å². The molecule has 2 amide bonds. The normalized spacial score (nSPS) is 23.4. The Morgan fingerprint density at radius 1 is 0.893 bits per heavy atom. The number of rotatable bonds is 17. The first-order chi connectivity index (χ1) is 26.8. The lowest BCUT2D eigenvalue weighted by Crippen LogP contribution is -2.66. The second kappa shape index (κ2) is 17.7. The highest BCUT2D eigenvalue weighted by Crippen LogP contribution is 2.49. The van der Waals surface area contributed by atoms with Gasteiger partial charge < -0.3 is 27.8 Å². The predicted octanol–water partition coefficient (Wildman–Crippen LogP) is 7.43. The molecule has 2 fully saturated rings. The number of hydrogen-bond acceptors (Lipinski definition) is 11. The summed E-state index contributed by atoms with van der Waals surface area (Å²) in [5.41, 5.74) is 1.82. The van der Waals surface area contributed by atoms with E-state index in [1.165, 1.54) is 4.90 Å². The number of nitrogens with one attached hydrogen (secondary N) is 2. The molecule has 0 saturated carbocycles. The van der Waals surface area contributed by atoms with E-state index in [0.29, 0.717) is 48.8 Å². The number of amides is 2. The van der Waals surface area contributed by atoms with Gasteiger partial charge in [-0.2, -0.15) is 4.98 Å². The highest BCUT2D eigenvalue weighted by molar-refractivity contribution is 6.84. The Hall–Kier alpha value is -3.26. The molecule has 2 aromatic heterocycles. The molecule has 0 aliphatic carbocycles. The smallest absolute Gasteiger partial charge is 0.335 e. The van der Waals surface area contributed by atoms with Crippen LogP contribution in [0.15, 0.2) is 35.4 Å². The summed E-state index contributed by atoms with van der Waals surface area (Å²) in [5.74, 6) is -0.0668. The number of aromatic nitrogens is 4. The largest absolute Gasteiger partial charge is 0.414 e. The van der Waals surface area contributed by atoms with Crippen molar-refractivity contribution in [2.24, 2.45) is 0 Å². The van der Waals surface area contributed by atoms with Gasteiger partial charge >= 0.3 is 17.1 Å². The SMILES string of the molecule is CCCCNc1nc2c(ncn2[C@@H]2O[C@@H]3CO[Si](C(C)C)(C(C)C)O[Si](C(C)C)(C(C)C)OC3C2OCCCCCCN2C(=O)c3ccccc3C2=O)c(=O)[nH]1. The average molecular weight is 811 g/mol. The van der Waals surface area contributed by atoms with Crippen LogP contribution in [0, 0.1) is 0 Å². The van der Waals surface area contributed by atoms with Gasteiger partial charge in [0.2, 0.25) is 5.95 Å². The van der Waals surface area contributed by atoms with Crippen molar-refractivity contribution in [3.8, 4) is 0 Å². The first-order valence-corrected chi connectivity index (χ1v) is 24.6. The molecule has 2 unspecified atom stereocenters. The lowest BCUT2D eigenvalue weighted by molar-refractivity contribution is -0.0698. The van der Waals surface area contributed by atoms with Crippen molar-refractivity contribution in [2.75, 3.05) is 31.6 Å². The molecule has 308 valence electrons. The van der Waals surface area contributed by atoms with E-state index in [4.69, 9.17) is 27.4 Å². The Morgan fingerprint density at radius 2 is 1.54 bits per heavy atom. The summed E-state index contributed by atoms with van der Waals surface area (Å²) in [6.07, 6.45) is 4.38. The minimum absolute atomic E-state index is 0.113. The van der Waals surface area contributed by atoms with Crippen molar-refractivity contribution >= 4 is 46.0 Å². The fourth-order valence-electron chi connectivity index (χ4n) is 8.49. The van der Waals surface area contributed by atoms with Crippen LogP contribution in [0.5, 0.6) is 0 Å². The van der Waals surface area contributed by atoms with Gasteiger partial charge in [0.05, 0.1) is 24.1 Å². The predicted molar refractivity (Wildman–Crippen MR) is 219 cm³/mol. The number of benzene rings is 1. The van der Waals surface area contributed by atoms with Crippen molar-refractivity contribution < 1.29 is 32.0 Å². The number of ether oxygens (including phenoxy) is 2. The molecule has 2 N–H and O–H groups in total. The van der Waals surface area contributed by atoms with E-state index in [-0.39, 0.29) is 51.7 Å². The zero-order chi connectivity index (χ0) is 40.4. The van der Waals surface area contributed by atoms with Crippen LogP contribution in [-0.4, -0.2) is 98.0 Å². The van der Waals surface area contributed by atoms with E-state index in [9.17, 15) is 14.4 Å². The van der Waals surface area contributed by atoms with Crippen LogP contribution in [0.1, 0.15) is 128 Å². The van der Waals surface area contributed by atoms with Crippen LogP contribution < -0.4 is 10.9 Å². The van der Waals surface area contributed by atoms with Crippen LogP contribution in [0.3, 0.4) is 0 Å². The number of imide groups is 1. The third kappa shape index (κ3) is 8.07. The fourth-order valence-corrected chi connectivity index (χ4v) is 19.7. The number of anilines is 1. The van der Waals surface area contributed by atoms with Crippen LogP contribution in [0.25, 0.3) is 11.2 Å². The Labute approximate surface area is 332 Å². The molecule has 2 saturated heterocycles. The number of hydrogen-bond donors (Lipinski definition) is 2. The highest BCUT2D eigenvalue weighted by Gasteiger charge is 2.62. The first kappa shape index (κ1) is 42.4. The van der Waals surface area contributed by atoms with Gasteiger partial charge in [0, 0.05) is 19.7 Å². The molecule has 56 heavy (non-hydrogen) atoms. The fraction of sp³-hybridized carbons (Fsp3) is 0.675. The lowest BCUT2D eigenvalue weighted by Gasteiger charge is -2.51. The third-order valence-corrected chi connectivity index (χ3v) is 21.9. The molecule has 6 rings (SSSR count). The summed E-state index contributed by atoms with van der Waals surface area (Å²) in [7, 11) is -5.84. The molecular weight excluding hydrogens is 749 g/mol. The maximum atomic E-state index is 13.2. The molecule has 0 spiro atoms. The van der Waals surface area contributed by atoms with Gasteiger partial charge in [-0.1, -0.05) is 93.7 Å². The number of H-pyrrole nitrogens is 1. The molecule has 14 nitrogen and oxygen atoms in total. The standard InChI is InChI=1S/C40H62N6O8Si2/c1-10-11-20-41-40-43-35-32(36(47)44-40)42-24-46(35)39-34(50-22-17-13-12-16-21-45-37(48)29-18-14-15-19-30(29)38(45)49)33-31(52-39)23-51-55(25(2)3,26(4)5)54-56(53-33,27(6)7)28(8)9/h14-15,18-19,24-28,31,33-34,39H,10-13,16-17,20-23H2,1-9H3,(H2,41,43,44,47)/t31-,33?,34?,39-/m1/s1. The molecular formula is C40H62N6O8Si2. The molecule has 0 bridgehead atoms. The van der Waals surface area contributed by atoms with Gasteiger partial charge in [-0.15, -0.1) is 0 Å². The number of carbonyl (C=O) groups is 2. The van der Waals surface area contributed by atoms with Crippen molar-refractivity contribution in [2.45, 2.75) is 148 Å². The molecule has 5 heterocycles. The number of fused-ring (bicyclic) bond motifs is 3. The maximum Gasteiger partial charge on any atom is 0.335 e. The Kier molecular flexibility index (Phi) is 13.4. The monoisotopic (exact) mass is 810 g/mol. The summed E-state index contributed by atoms with van der Waals surface area (Å²) >= 11 is 0. The summed E-state index contributed by atoms with van der Waals surface area (Å²) in [6.45, 7) is 21.4. The minimum atomic E-state index is -3.01. The van der Waals surface area contributed by atoms with Crippen LogP contribution >= 0.6 is 0 Å². The van der Waals surface area contributed by atoms with Crippen molar-refractivity contribution in [1.29, 1.82) is 0 Å². The number of nitrogens with zero attached hydrogens (tertiary/aromatic N) is 4. The molecule has 3 aromatic rings. The van der Waals surface area contributed by atoms with Gasteiger partial charge in [-0.05, 0) is 53.6 Å². The summed E-state index contributed by atoms with van der Waals surface area (Å²) in [5, 5.41) is 3.24. The van der Waals surface area contributed by atoms with Crippen molar-refractivity contribution in [3.05, 3.63) is 52.1 Å². The molecule has 4 atom stereocenters. The molecule has 3 aliphatic heterocycles. The average Bonchev–Trinajstić information content (AvgIpc) is 3.79. The number of aromatic amines is 1. The van der Waals surface area contributed by atoms with Gasteiger partial charge in [-0.3, -0.25) is 28.8 Å². The lowest BCUT2D eigenvalue weighted by atomic mass is 10.1. The molecule has 3 aliphatic rings. The molecule has 0 radical (unpaired) electrons.